The highest BCUT2D eigenvalue weighted by Crippen LogP contribution is 2.42. The average molecular weight is 466 g/mol. The normalized spacial score (nSPS) is 11.8. The van der Waals surface area contributed by atoms with Gasteiger partial charge < -0.3 is 18.6 Å². The van der Waals surface area contributed by atoms with Crippen molar-refractivity contribution < 1.29 is 23.4 Å². The summed E-state index contributed by atoms with van der Waals surface area (Å²) in [7, 11) is 4.52. The summed E-state index contributed by atoms with van der Waals surface area (Å²) in [6.07, 6.45) is 0. The molecule has 1 atom stereocenters. The van der Waals surface area contributed by atoms with Crippen LogP contribution in [0.4, 0.5) is 0 Å². The van der Waals surface area contributed by atoms with Crippen molar-refractivity contribution in [2.24, 2.45) is 0 Å². The molecular weight excluding hydrogens is 442 g/mol. The van der Waals surface area contributed by atoms with Crippen molar-refractivity contribution in [3.63, 3.8) is 0 Å². The lowest BCUT2D eigenvalue weighted by molar-refractivity contribution is -0.140. The molecule has 0 aliphatic heterocycles. The maximum atomic E-state index is 12.7. The third-order valence-corrected chi connectivity index (χ3v) is 6.14. The van der Waals surface area contributed by atoms with Crippen LogP contribution in [0.15, 0.2) is 70.2 Å². The van der Waals surface area contributed by atoms with Crippen LogP contribution in [0.2, 0.25) is 0 Å². The van der Waals surface area contributed by atoms with Gasteiger partial charge in [0.1, 0.15) is 28.2 Å². The number of esters is 1. The van der Waals surface area contributed by atoms with E-state index in [1.807, 2.05) is 67.6 Å². The SMILES string of the molecule is COC(=O)C(Sc1nnc(-c2ccc(C)o2)n1-c1c(OC)cccc1OC)c1ccccc1. The lowest BCUT2D eigenvalue weighted by Crippen LogP contribution is -2.13. The van der Waals surface area contributed by atoms with E-state index in [4.69, 9.17) is 18.6 Å². The molecule has 170 valence electrons. The van der Waals surface area contributed by atoms with Crippen LogP contribution in [0.5, 0.6) is 11.5 Å². The third-order valence-electron chi connectivity index (χ3n) is 4.96. The van der Waals surface area contributed by atoms with Crippen molar-refractivity contribution in [1.82, 2.24) is 14.8 Å². The summed E-state index contributed by atoms with van der Waals surface area (Å²) in [6.45, 7) is 1.85. The second-order valence-electron chi connectivity index (χ2n) is 6.99. The Kier molecular flexibility index (Phi) is 6.69. The first-order valence-electron chi connectivity index (χ1n) is 10.1. The van der Waals surface area contributed by atoms with Crippen LogP contribution in [0, 0.1) is 6.92 Å². The van der Waals surface area contributed by atoms with Crippen LogP contribution in [0.3, 0.4) is 0 Å². The molecule has 0 spiro atoms. The number of thioether (sulfide) groups is 1. The van der Waals surface area contributed by atoms with E-state index in [0.717, 1.165) is 11.3 Å². The molecule has 1 unspecified atom stereocenters. The zero-order chi connectivity index (χ0) is 23.4. The first-order chi connectivity index (χ1) is 16.1. The topological polar surface area (TPSA) is 88.6 Å². The fraction of sp³-hybridized carbons (Fsp3) is 0.208. The van der Waals surface area contributed by atoms with Gasteiger partial charge in [-0.25, -0.2) is 0 Å². The number of carbonyl (C=O) groups is 1. The van der Waals surface area contributed by atoms with Gasteiger partial charge in [0.05, 0.1) is 21.3 Å². The zero-order valence-electron chi connectivity index (χ0n) is 18.6. The Balaban J connectivity index is 1.92. The summed E-state index contributed by atoms with van der Waals surface area (Å²) in [5.41, 5.74) is 1.38. The molecule has 2 heterocycles. The van der Waals surface area contributed by atoms with E-state index in [1.54, 1.807) is 18.8 Å². The van der Waals surface area contributed by atoms with Gasteiger partial charge in [0.2, 0.25) is 5.82 Å². The van der Waals surface area contributed by atoms with Crippen LogP contribution in [0.1, 0.15) is 16.6 Å². The molecule has 9 heteroatoms. The molecule has 2 aromatic heterocycles. The van der Waals surface area contributed by atoms with E-state index < -0.39 is 11.2 Å². The predicted molar refractivity (Wildman–Crippen MR) is 124 cm³/mol. The molecule has 4 aromatic rings. The highest BCUT2D eigenvalue weighted by atomic mass is 32.2. The second-order valence-corrected chi connectivity index (χ2v) is 8.07. The molecule has 0 saturated carbocycles. The highest BCUT2D eigenvalue weighted by molar-refractivity contribution is 8.00. The molecule has 2 aromatic carbocycles. The number of hydrogen-bond acceptors (Lipinski definition) is 8. The molecule has 0 aliphatic carbocycles. The largest absolute Gasteiger partial charge is 0.494 e. The summed E-state index contributed by atoms with van der Waals surface area (Å²) >= 11 is 1.22. The Morgan fingerprint density at radius 1 is 0.939 bits per heavy atom. The number of hydrogen-bond donors (Lipinski definition) is 0. The summed E-state index contributed by atoms with van der Waals surface area (Å²) in [5, 5.41) is 8.59. The first kappa shape index (κ1) is 22.5. The van der Waals surface area contributed by atoms with E-state index in [1.165, 1.54) is 18.9 Å². The molecule has 0 bridgehead atoms. The first-order valence-corrected chi connectivity index (χ1v) is 11.0. The number of benzene rings is 2. The van der Waals surface area contributed by atoms with Crippen molar-refractivity contribution in [3.8, 4) is 28.8 Å². The van der Waals surface area contributed by atoms with Gasteiger partial charge in [-0.3, -0.25) is 9.36 Å². The molecule has 0 radical (unpaired) electrons. The summed E-state index contributed by atoms with van der Waals surface area (Å²) < 4.78 is 24.0. The number of rotatable bonds is 8. The Morgan fingerprint density at radius 2 is 1.64 bits per heavy atom. The Morgan fingerprint density at radius 3 is 2.21 bits per heavy atom. The number of carbonyl (C=O) groups excluding carboxylic acids is 1. The van der Waals surface area contributed by atoms with Crippen molar-refractivity contribution in [3.05, 3.63) is 72.0 Å². The fourth-order valence-electron chi connectivity index (χ4n) is 3.41. The van der Waals surface area contributed by atoms with Gasteiger partial charge in [-0.05, 0) is 36.8 Å². The van der Waals surface area contributed by atoms with Gasteiger partial charge in [-0.15, -0.1) is 10.2 Å². The smallest absolute Gasteiger partial charge is 0.323 e. The van der Waals surface area contributed by atoms with E-state index in [0.29, 0.717) is 33.9 Å². The van der Waals surface area contributed by atoms with Gasteiger partial charge >= 0.3 is 5.97 Å². The quantitative estimate of drug-likeness (QED) is 0.269. The van der Waals surface area contributed by atoms with Crippen molar-refractivity contribution >= 4 is 17.7 Å². The molecule has 8 nitrogen and oxygen atoms in total. The second kappa shape index (κ2) is 9.83. The van der Waals surface area contributed by atoms with Crippen molar-refractivity contribution in [2.75, 3.05) is 21.3 Å². The van der Waals surface area contributed by atoms with Crippen molar-refractivity contribution in [1.29, 1.82) is 0 Å². The van der Waals surface area contributed by atoms with Gasteiger partial charge in [0, 0.05) is 0 Å². The molecule has 0 fully saturated rings. The molecule has 0 aliphatic rings. The molecular formula is C24H23N3O5S. The molecule has 4 rings (SSSR count). The standard InChI is InChI=1S/C24H23N3O5S/c1-15-13-14-19(32-15)22-25-26-24(27(22)20-17(29-2)11-8-12-18(20)30-3)33-21(23(28)31-4)16-9-6-5-7-10-16/h5-14,21H,1-4H3. The van der Waals surface area contributed by atoms with Crippen LogP contribution >= 0.6 is 11.8 Å². The number of aryl methyl sites for hydroxylation is 1. The monoisotopic (exact) mass is 465 g/mol. The van der Waals surface area contributed by atoms with E-state index in [9.17, 15) is 4.79 Å². The highest BCUT2D eigenvalue weighted by Gasteiger charge is 2.30. The molecule has 0 N–H and O–H groups in total. The van der Waals surface area contributed by atoms with Gasteiger partial charge in [-0.1, -0.05) is 48.2 Å². The number of ether oxygens (including phenoxy) is 3. The average Bonchev–Trinajstić information content (AvgIpc) is 3.47. The van der Waals surface area contributed by atoms with E-state index in [2.05, 4.69) is 10.2 Å². The van der Waals surface area contributed by atoms with Crippen LogP contribution in [-0.4, -0.2) is 42.1 Å². The molecule has 0 saturated heterocycles. The van der Waals surface area contributed by atoms with Gasteiger partial charge in [0.15, 0.2) is 10.9 Å². The van der Waals surface area contributed by atoms with Crippen LogP contribution < -0.4 is 9.47 Å². The van der Waals surface area contributed by atoms with Crippen molar-refractivity contribution in [2.45, 2.75) is 17.3 Å². The van der Waals surface area contributed by atoms with E-state index in [-0.39, 0.29) is 0 Å². The lowest BCUT2D eigenvalue weighted by atomic mass is 10.1. The van der Waals surface area contributed by atoms with Crippen LogP contribution in [0.25, 0.3) is 17.3 Å². The van der Waals surface area contributed by atoms with Gasteiger partial charge in [0.25, 0.3) is 0 Å². The third kappa shape index (κ3) is 4.45. The zero-order valence-corrected chi connectivity index (χ0v) is 19.5. The fourth-order valence-corrected chi connectivity index (χ4v) is 4.47. The Labute approximate surface area is 195 Å². The number of methoxy groups -OCH3 is 3. The Hall–Kier alpha value is -3.72. The number of aromatic nitrogens is 3. The van der Waals surface area contributed by atoms with E-state index >= 15 is 0 Å². The Bertz CT molecular complexity index is 1230. The maximum Gasteiger partial charge on any atom is 0.323 e. The molecule has 0 amide bonds. The minimum Gasteiger partial charge on any atom is -0.494 e. The maximum absolute atomic E-state index is 12.7. The van der Waals surface area contributed by atoms with Gasteiger partial charge in [-0.2, -0.15) is 0 Å². The summed E-state index contributed by atoms with van der Waals surface area (Å²) in [5.74, 6) is 2.41. The molecule has 33 heavy (non-hydrogen) atoms. The minimum atomic E-state index is -0.661. The number of nitrogens with zero attached hydrogens (tertiary/aromatic N) is 3. The summed E-state index contributed by atoms with van der Waals surface area (Å²) in [4.78, 5) is 12.7. The number of para-hydroxylation sites is 1. The predicted octanol–water partition coefficient (Wildman–Crippen LogP) is 4.86. The lowest BCUT2D eigenvalue weighted by Gasteiger charge is -2.18. The van der Waals surface area contributed by atoms with Crippen LogP contribution in [-0.2, 0) is 9.53 Å². The number of furan rings is 1. The minimum absolute atomic E-state index is 0.400. The summed E-state index contributed by atoms with van der Waals surface area (Å²) in [6, 6.07) is 18.5.